The van der Waals surface area contributed by atoms with Crippen LogP contribution in [0.1, 0.15) is 25.3 Å². The molecule has 2 aromatic rings. The van der Waals surface area contributed by atoms with Gasteiger partial charge < -0.3 is 10.6 Å². The number of carbonyl (C=O) groups excluding carboxylic acids is 1. The van der Waals surface area contributed by atoms with Crippen molar-refractivity contribution in [3.05, 3.63) is 60.2 Å². The highest BCUT2D eigenvalue weighted by molar-refractivity contribution is 5.85. The zero-order valence-electron chi connectivity index (χ0n) is 13.7. The minimum Gasteiger partial charge on any atom is -0.340 e. The lowest BCUT2D eigenvalue weighted by atomic mass is 9.99. The molecular weight excluding hydrogens is 308 g/mol. The van der Waals surface area contributed by atoms with E-state index in [9.17, 15) is 4.79 Å². The molecule has 0 fully saturated rings. The van der Waals surface area contributed by atoms with Gasteiger partial charge >= 0.3 is 0 Å². The van der Waals surface area contributed by atoms with Gasteiger partial charge in [0.05, 0.1) is 6.04 Å². The lowest BCUT2D eigenvalue weighted by Gasteiger charge is -2.22. The first-order valence-corrected chi connectivity index (χ1v) is 7.77. The van der Waals surface area contributed by atoms with Crippen LogP contribution in [0, 0.1) is 0 Å². The monoisotopic (exact) mass is 332 g/mol. The molecule has 0 aromatic heterocycles. The highest BCUT2D eigenvalue weighted by atomic mass is 35.5. The summed E-state index contributed by atoms with van der Waals surface area (Å²) in [6, 6.07) is 18.0. The summed E-state index contributed by atoms with van der Waals surface area (Å²) in [6.45, 7) is 2.61. The number of benzene rings is 2. The molecule has 0 aliphatic heterocycles. The summed E-state index contributed by atoms with van der Waals surface area (Å²) < 4.78 is 0. The van der Waals surface area contributed by atoms with Crippen LogP contribution >= 0.6 is 12.4 Å². The van der Waals surface area contributed by atoms with Crippen LogP contribution in [0.4, 0.5) is 0 Å². The predicted octanol–water partition coefficient (Wildman–Crippen LogP) is 3.86. The van der Waals surface area contributed by atoms with Crippen LogP contribution in [0.15, 0.2) is 54.6 Å². The van der Waals surface area contributed by atoms with Crippen LogP contribution in [0.3, 0.4) is 0 Å². The Bertz CT molecular complexity index is 616. The van der Waals surface area contributed by atoms with Gasteiger partial charge in [-0.1, -0.05) is 67.9 Å². The fourth-order valence-corrected chi connectivity index (χ4v) is 2.61. The minimum atomic E-state index is -0.404. The Balaban J connectivity index is 0.00000264. The zero-order valence-corrected chi connectivity index (χ0v) is 14.6. The third kappa shape index (κ3) is 5.08. The smallest absolute Gasteiger partial charge is 0.239 e. The Morgan fingerprint density at radius 2 is 1.70 bits per heavy atom. The highest BCUT2D eigenvalue weighted by Crippen LogP contribution is 2.24. The van der Waals surface area contributed by atoms with E-state index in [0.29, 0.717) is 6.54 Å². The zero-order chi connectivity index (χ0) is 15.9. The molecule has 0 aliphatic rings. The molecule has 2 N–H and O–H groups in total. The summed E-state index contributed by atoms with van der Waals surface area (Å²) in [5, 5.41) is 0. The number of carbonyl (C=O) groups is 1. The second-order valence-electron chi connectivity index (χ2n) is 5.61. The van der Waals surface area contributed by atoms with Crippen molar-refractivity contribution >= 4 is 18.3 Å². The minimum absolute atomic E-state index is 0. The van der Waals surface area contributed by atoms with Gasteiger partial charge in [-0.3, -0.25) is 4.79 Å². The maximum Gasteiger partial charge on any atom is 0.239 e. The van der Waals surface area contributed by atoms with E-state index >= 15 is 0 Å². The number of likely N-dealkylation sites (N-methyl/N-ethyl adjacent to an activating group) is 1. The number of hydrogen-bond donors (Lipinski definition) is 1. The molecule has 0 heterocycles. The van der Waals surface area contributed by atoms with Gasteiger partial charge in [0.1, 0.15) is 0 Å². The molecule has 0 radical (unpaired) electrons. The SMILES string of the molecule is CCCC(N)C(=O)N(C)Cc1ccccc1-c1ccccc1.Cl. The molecule has 23 heavy (non-hydrogen) atoms. The van der Waals surface area contributed by atoms with Gasteiger partial charge in [-0.2, -0.15) is 0 Å². The van der Waals surface area contributed by atoms with Crippen molar-refractivity contribution in [1.82, 2.24) is 4.90 Å². The summed E-state index contributed by atoms with van der Waals surface area (Å²) in [5.41, 5.74) is 9.40. The predicted molar refractivity (Wildman–Crippen MR) is 98.5 cm³/mol. The van der Waals surface area contributed by atoms with Gasteiger partial charge in [-0.05, 0) is 23.1 Å². The Morgan fingerprint density at radius 1 is 1.09 bits per heavy atom. The normalized spacial score (nSPS) is 11.4. The van der Waals surface area contributed by atoms with E-state index in [2.05, 4.69) is 24.3 Å². The third-order valence-corrected chi connectivity index (χ3v) is 3.80. The Labute approximate surface area is 144 Å². The van der Waals surface area contributed by atoms with Gasteiger partial charge in [-0.15, -0.1) is 12.4 Å². The van der Waals surface area contributed by atoms with Crippen molar-refractivity contribution in [1.29, 1.82) is 0 Å². The summed E-state index contributed by atoms with van der Waals surface area (Å²) >= 11 is 0. The first kappa shape index (κ1) is 19.2. The van der Waals surface area contributed by atoms with E-state index in [1.54, 1.807) is 4.90 Å². The maximum atomic E-state index is 12.3. The van der Waals surface area contributed by atoms with E-state index in [-0.39, 0.29) is 18.3 Å². The Kier molecular flexibility index (Phi) is 7.79. The van der Waals surface area contributed by atoms with Gasteiger partial charge in [0.15, 0.2) is 0 Å². The number of amides is 1. The largest absolute Gasteiger partial charge is 0.340 e. The molecule has 1 unspecified atom stereocenters. The van der Waals surface area contributed by atoms with Gasteiger partial charge in [0, 0.05) is 13.6 Å². The lowest BCUT2D eigenvalue weighted by molar-refractivity contribution is -0.131. The first-order valence-electron chi connectivity index (χ1n) is 7.77. The second-order valence-corrected chi connectivity index (χ2v) is 5.61. The summed E-state index contributed by atoms with van der Waals surface area (Å²) in [6.07, 6.45) is 1.64. The Hall–Kier alpha value is -1.84. The van der Waals surface area contributed by atoms with Gasteiger partial charge in [0.25, 0.3) is 0 Å². The maximum absolute atomic E-state index is 12.3. The number of halogens is 1. The van der Waals surface area contributed by atoms with Crippen molar-refractivity contribution in [2.24, 2.45) is 5.73 Å². The molecule has 124 valence electrons. The van der Waals surface area contributed by atoms with Crippen LogP contribution in [0.2, 0.25) is 0 Å². The van der Waals surface area contributed by atoms with Crippen molar-refractivity contribution < 1.29 is 4.79 Å². The summed E-state index contributed by atoms with van der Waals surface area (Å²) in [7, 11) is 1.82. The number of rotatable bonds is 6. The first-order chi connectivity index (χ1) is 10.6. The molecule has 0 aliphatic carbocycles. The molecule has 1 amide bonds. The molecule has 0 spiro atoms. The van der Waals surface area contributed by atoms with Crippen LogP contribution < -0.4 is 5.73 Å². The molecule has 3 nitrogen and oxygen atoms in total. The molecule has 0 bridgehead atoms. The lowest BCUT2D eigenvalue weighted by Crippen LogP contribution is -2.41. The van der Waals surface area contributed by atoms with Crippen LogP contribution in [-0.4, -0.2) is 23.9 Å². The highest BCUT2D eigenvalue weighted by Gasteiger charge is 2.18. The molecule has 2 rings (SSSR count). The molecule has 0 saturated carbocycles. The van der Waals surface area contributed by atoms with Crippen molar-refractivity contribution in [2.45, 2.75) is 32.4 Å². The fraction of sp³-hybridized carbons (Fsp3) is 0.316. The van der Waals surface area contributed by atoms with Crippen LogP contribution in [0.5, 0.6) is 0 Å². The average Bonchev–Trinajstić information content (AvgIpc) is 2.55. The standard InChI is InChI=1S/C19H24N2O.ClH/c1-3-9-18(20)19(22)21(2)14-16-12-7-8-13-17(16)15-10-5-4-6-11-15;/h4-8,10-13,18H,3,9,14,20H2,1-2H3;1H. The molecule has 0 saturated heterocycles. The number of nitrogens with two attached hydrogens (primary N) is 1. The summed E-state index contributed by atoms with van der Waals surface area (Å²) in [4.78, 5) is 14.0. The van der Waals surface area contributed by atoms with Crippen molar-refractivity contribution in [3.8, 4) is 11.1 Å². The van der Waals surface area contributed by atoms with Gasteiger partial charge in [-0.25, -0.2) is 0 Å². The van der Waals surface area contributed by atoms with E-state index in [1.165, 1.54) is 0 Å². The molecular formula is C19H25ClN2O. The average molecular weight is 333 g/mol. The number of nitrogens with zero attached hydrogens (tertiary/aromatic N) is 1. The number of hydrogen-bond acceptors (Lipinski definition) is 2. The van der Waals surface area contributed by atoms with Crippen LogP contribution in [0.25, 0.3) is 11.1 Å². The van der Waals surface area contributed by atoms with E-state index in [0.717, 1.165) is 29.5 Å². The topological polar surface area (TPSA) is 46.3 Å². The van der Waals surface area contributed by atoms with E-state index in [4.69, 9.17) is 5.73 Å². The molecule has 1 atom stereocenters. The van der Waals surface area contributed by atoms with Crippen LogP contribution in [-0.2, 0) is 11.3 Å². The molecule has 4 heteroatoms. The second kappa shape index (κ2) is 9.33. The summed E-state index contributed by atoms with van der Waals surface area (Å²) in [5.74, 6) is 0.00437. The third-order valence-electron chi connectivity index (χ3n) is 3.80. The van der Waals surface area contributed by atoms with Crippen molar-refractivity contribution in [3.63, 3.8) is 0 Å². The fourth-order valence-electron chi connectivity index (χ4n) is 2.61. The van der Waals surface area contributed by atoms with Gasteiger partial charge in [0.2, 0.25) is 5.91 Å². The Morgan fingerprint density at radius 3 is 2.35 bits per heavy atom. The molecule has 2 aromatic carbocycles. The van der Waals surface area contributed by atoms with Crippen molar-refractivity contribution in [2.75, 3.05) is 7.05 Å². The van der Waals surface area contributed by atoms with E-state index in [1.807, 2.05) is 44.3 Å². The van der Waals surface area contributed by atoms with E-state index < -0.39 is 6.04 Å². The quantitative estimate of drug-likeness (QED) is 0.873.